The first-order chi connectivity index (χ1) is 8.16. The molecule has 0 unspecified atom stereocenters. The minimum atomic E-state index is 0.0320. The fourth-order valence-corrected chi connectivity index (χ4v) is 2.36. The third-order valence-electron chi connectivity index (χ3n) is 2.46. The molecule has 0 aliphatic heterocycles. The Morgan fingerprint density at radius 1 is 1.29 bits per heavy atom. The van der Waals surface area contributed by atoms with Crippen LogP contribution in [0.3, 0.4) is 0 Å². The number of thiol groups is 1. The van der Waals surface area contributed by atoms with E-state index in [4.69, 9.17) is 0 Å². The Labute approximate surface area is 110 Å². The van der Waals surface area contributed by atoms with Gasteiger partial charge in [0.15, 0.2) is 0 Å². The maximum atomic E-state index is 12.1. The summed E-state index contributed by atoms with van der Waals surface area (Å²) in [7, 11) is 1.81. The van der Waals surface area contributed by atoms with Gasteiger partial charge in [-0.25, -0.2) is 0 Å². The summed E-state index contributed by atoms with van der Waals surface area (Å²) in [5, 5.41) is 4.07. The molecule has 0 spiro atoms. The normalized spacial score (nSPS) is 10.2. The lowest BCUT2D eigenvalue weighted by Crippen LogP contribution is -2.25. The van der Waals surface area contributed by atoms with E-state index in [2.05, 4.69) is 18.0 Å². The maximum absolute atomic E-state index is 12.1. The summed E-state index contributed by atoms with van der Waals surface area (Å²) in [6.07, 6.45) is 0. The van der Waals surface area contributed by atoms with E-state index in [1.54, 1.807) is 28.4 Å². The molecule has 0 N–H and O–H groups in total. The average Bonchev–Trinajstić information content (AvgIpc) is 2.82. The number of thiophene rings is 1. The Bertz CT molecular complexity index is 491. The number of rotatable bonds is 3. The molecule has 88 valence electrons. The molecule has 1 aromatic heterocycles. The summed E-state index contributed by atoms with van der Waals surface area (Å²) in [6.45, 7) is 0.644. The first-order valence-corrected chi connectivity index (χ1v) is 6.61. The first-order valence-electron chi connectivity index (χ1n) is 5.22. The van der Waals surface area contributed by atoms with Crippen LogP contribution in [0.2, 0.25) is 0 Å². The molecule has 0 aliphatic rings. The van der Waals surface area contributed by atoms with Crippen molar-refractivity contribution in [2.45, 2.75) is 11.4 Å². The highest BCUT2D eigenvalue weighted by atomic mass is 32.1. The molecule has 1 aromatic carbocycles. The van der Waals surface area contributed by atoms with Gasteiger partial charge in [-0.2, -0.15) is 11.3 Å². The van der Waals surface area contributed by atoms with Gasteiger partial charge in [0.2, 0.25) is 0 Å². The summed E-state index contributed by atoms with van der Waals surface area (Å²) in [5.74, 6) is 0.0320. The molecule has 17 heavy (non-hydrogen) atoms. The van der Waals surface area contributed by atoms with Crippen LogP contribution in [-0.2, 0) is 6.54 Å². The second kappa shape index (κ2) is 5.38. The molecule has 4 heteroatoms. The van der Waals surface area contributed by atoms with Crippen LogP contribution < -0.4 is 0 Å². The van der Waals surface area contributed by atoms with Gasteiger partial charge >= 0.3 is 0 Å². The molecule has 0 saturated heterocycles. The molecule has 2 nitrogen and oxygen atoms in total. The molecular formula is C13H13NOS2. The van der Waals surface area contributed by atoms with Crippen molar-refractivity contribution in [3.05, 3.63) is 52.2 Å². The van der Waals surface area contributed by atoms with Crippen LogP contribution in [0.5, 0.6) is 0 Å². The fraction of sp³-hybridized carbons (Fsp3) is 0.154. The molecule has 2 aromatic rings. The van der Waals surface area contributed by atoms with Gasteiger partial charge in [0.25, 0.3) is 5.91 Å². The topological polar surface area (TPSA) is 20.3 Å². The Morgan fingerprint density at radius 2 is 2.00 bits per heavy atom. The van der Waals surface area contributed by atoms with Crippen LogP contribution >= 0.6 is 24.0 Å². The standard InChI is InChI=1S/C13H13NOS2/c1-14(8-10-6-7-17-9-10)13(15)11-2-4-12(16)5-3-11/h2-7,9,16H,8H2,1H3. The Morgan fingerprint density at radius 3 is 2.59 bits per heavy atom. The van der Waals surface area contributed by atoms with Gasteiger partial charge in [-0.15, -0.1) is 12.6 Å². The molecular weight excluding hydrogens is 250 g/mol. The zero-order chi connectivity index (χ0) is 12.3. The number of amides is 1. The summed E-state index contributed by atoms with van der Waals surface area (Å²) in [5.41, 5.74) is 1.86. The summed E-state index contributed by atoms with van der Waals surface area (Å²) >= 11 is 5.84. The van der Waals surface area contributed by atoms with Gasteiger partial charge in [0.05, 0.1) is 0 Å². The Balaban J connectivity index is 2.07. The quantitative estimate of drug-likeness (QED) is 0.842. The molecule has 0 aliphatic carbocycles. The van der Waals surface area contributed by atoms with Gasteiger partial charge in [-0.1, -0.05) is 0 Å². The van der Waals surface area contributed by atoms with Crippen molar-refractivity contribution >= 4 is 29.9 Å². The van der Waals surface area contributed by atoms with E-state index in [-0.39, 0.29) is 5.91 Å². The van der Waals surface area contributed by atoms with E-state index in [1.807, 2.05) is 30.6 Å². The van der Waals surface area contributed by atoms with E-state index >= 15 is 0 Å². The molecule has 0 atom stereocenters. The van der Waals surface area contributed by atoms with Gasteiger partial charge in [-0.3, -0.25) is 4.79 Å². The number of nitrogens with zero attached hydrogens (tertiary/aromatic N) is 1. The smallest absolute Gasteiger partial charge is 0.253 e. The molecule has 1 amide bonds. The summed E-state index contributed by atoms with van der Waals surface area (Å²) < 4.78 is 0. The highest BCUT2D eigenvalue weighted by molar-refractivity contribution is 7.80. The molecule has 0 fully saturated rings. The molecule has 0 radical (unpaired) electrons. The van der Waals surface area contributed by atoms with Crippen molar-refractivity contribution in [1.82, 2.24) is 4.90 Å². The lowest BCUT2D eigenvalue weighted by molar-refractivity contribution is 0.0785. The second-order valence-electron chi connectivity index (χ2n) is 3.84. The van der Waals surface area contributed by atoms with Gasteiger partial charge in [-0.05, 0) is 46.7 Å². The fourth-order valence-electron chi connectivity index (χ4n) is 1.55. The van der Waals surface area contributed by atoms with Crippen LogP contribution in [0.4, 0.5) is 0 Å². The monoisotopic (exact) mass is 263 g/mol. The van der Waals surface area contributed by atoms with Crippen LogP contribution in [0, 0.1) is 0 Å². The van der Waals surface area contributed by atoms with Crippen LogP contribution in [0.1, 0.15) is 15.9 Å². The Hall–Kier alpha value is -1.26. The molecule has 0 bridgehead atoms. The molecule has 1 heterocycles. The maximum Gasteiger partial charge on any atom is 0.253 e. The van der Waals surface area contributed by atoms with Crippen LogP contribution in [0.25, 0.3) is 0 Å². The summed E-state index contributed by atoms with van der Waals surface area (Å²) in [6, 6.07) is 9.29. The van der Waals surface area contributed by atoms with Crippen LogP contribution in [0.15, 0.2) is 46.0 Å². The second-order valence-corrected chi connectivity index (χ2v) is 5.14. The number of carbonyl (C=O) groups excluding carboxylic acids is 1. The van der Waals surface area contributed by atoms with Crippen LogP contribution in [-0.4, -0.2) is 17.9 Å². The highest BCUT2D eigenvalue weighted by Gasteiger charge is 2.11. The minimum Gasteiger partial charge on any atom is -0.337 e. The third kappa shape index (κ3) is 3.11. The number of benzene rings is 1. The number of hydrogen-bond acceptors (Lipinski definition) is 3. The number of carbonyl (C=O) groups is 1. The van der Waals surface area contributed by atoms with E-state index in [0.717, 1.165) is 10.5 Å². The van der Waals surface area contributed by atoms with Crippen molar-refractivity contribution < 1.29 is 4.79 Å². The van der Waals surface area contributed by atoms with E-state index < -0.39 is 0 Å². The van der Waals surface area contributed by atoms with Crippen molar-refractivity contribution in [3.8, 4) is 0 Å². The van der Waals surface area contributed by atoms with Crippen molar-refractivity contribution in [3.63, 3.8) is 0 Å². The minimum absolute atomic E-state index is 0.0320. The van der Waals surface area contributed by atoms with E-state index in [0.29, 0.717) is 12.1 Å². The zero-order valence-corrected chi connectivity index (χ0v) is 11.2. The molecule has 2 rings (SSSR count). The first kappa shape index (κ1) is 12.2. The third-order valence-corrected chi connectivity index (χ3v) is 3.49. The van der Waals surface area contributed by atoms with Crippen molar-refractivity contribution in [2.75, 3.05) is 7.05 Å². The van der Waals surface area contributed by atoms with Crippen molar-refractivity contribution in [2.24, 2.45) is 0 Å². The van der Waals surface area contributed by atoms with E-state index in [9.17, 15) is 4.79 Å². The van der Waals surface area contributed by atoms with Crippen molar-refractivity contribution in [1.29, 1.82) is 0 Å². The average molecular weight is 263 g/mol. The van der Waals surface area contributed by atoms with Gasteiger partial charge in [0, 0.05) is 24.1 Å². The molecule has 0 saturated carbocycles. The van der Waals surface area contributed by atoms with Gasteiger partial charge in [0.1, 0.15) is 0 Å². The van der Waals surface area contributed by atoms with Gasteiger partial charge < -0.3 is 4.90 Å². The lowest BCUT2D eigenvalue weighted by atomic mass is 10.2. The predicted molar refractivity (Wildman–Crippen MR) is 73.8 cm³/mol. The lowest BCUT2D eigenvalue weighted by Gasteiger charge is -2.16. The highest BCUT2D eigenvalue weighted by Crippen LogP contribution is 2.13. The Kier molecular flexibility index (Phi) is 3.86. The SMILES string of the molecule is CN(Cc1ccsc1)C(=O)c1ccc(S)cc1. The number of hydrogen-bond donors (Lipinski definition) is 1. The zero-order valence-electron chi connectivity index (χ0n) is 9.46. The largest absolute Gasteiger partial charge is 0.337 e. The predicted octanol–water partition coefficient (Wildman–Crippen LogP) is 3.31. The summed E-state index contributed by atoms with van der Waals surface area (Å²) in [4.78, 5) is 14.7. The van der Waals surface area contributed by atoms with E-state index in [1.165, 1.54) is 0 Å².